The summed E-state index contributed by atoms with van der Waals surface area (Å²) in [4.78, 5) is 12.0. The van der Waals surface area contributed by atoms with Crippen LogP contribution in [0.25, 0.3) is 17.0 Å². The summed E-state index contributed by atoms with van der Waals surface area (Å²) >= 11 is 0. The van der Waals surface area contributed by atoms with E-state index in [0.717, 1.165) is 52.5 Å². The van der Waals surface area contributed by atoms with Gasteiger partial charge in [-0.3, -0.25) is 4.98 Å². The topological polar surface area (TPSA) is 89.2 Å². The Balaban J connectivity index is 1.20. The Bertz CT molecular complexity index is 1430. The predicted octanol–water partition coefficient (Wildman–Crippen LogP) is 5.51. The zero-order valence-corrected chi connectivity index (χ0v) is 21.1. The fourth-order valence-electron chi connectivity index (χ4n) is 5.10. The molecule has 0 amide bonds. The second-order valence-corrected chi connectivity index (χ2v) is 9.61. The molecule has 0 saturated carbocycles. The number of piperidine rings is 1. The molecule has 188 valence electrons. The first-order valence-electron chi connectivity index (χ1n) is 12.8. The van der Waals surface area contributed by atoms with Gasteiger partial charge < -0.3 is 19.4 Å². The summed E-state index contributed by atoms with van der Waals surface area (Å²) in [5.74, 6) is 2.26. The lowest BCUT2D eigenvalue weighted by molar-refractivity contribution is 0.414. The van der Waals surface area contributed by atoms with Crippen molar-refractivity contribution in [3.63, 3.8) is 0 Å². The van der Waals surface area contributed by atoms with Crippen molar-refractivity contribution in [1.29, 1.82) is 0 Å². The van der Waals surface area contributed by atoms with Crippen LogP contribution in [0.2, 0.25) is 0 Å². The smallest absolute Gasteiger partial charge is 0.316 e. The van der Waals surface area contributed by atoms with E-state index in [9.17, 15) is 0 Å². The van der Waals surface area contributed by atoms with E-state index >= 15 is 0 Å². The van der Waals surface area contributed by atoms with Crippen LogP contribution in [0, 0.1) is 0 Å². The molecular formula is C29H30N6O2. The summed E-state index contributed by atoms with van der Waals surface area (Å²) in [6.45, 7) is 3.88. The quantitative estimate of drug-likeness (QED) is 0.360. The second kappa shape index (κ2) is 10.0. The van der Waals surface area contributed by atoms with Gasteiger partial charge in [0.1, 0.15) is 11.6 Å². The van der Waals surface area contributed by atoms with E-state index in [2.05, 4.69) is 50.5 Å². The minimum Gasteiger partial charge on any atom is -0.497 e. The average molecular weight is 495 g/mol. The number of benzene rings is 2. The minimum absolute atomic E-state index is 0.385. The van der Waals surface area contributed by atoms with Crippen LogP contribution in [0.4, 0.5) is 11.8 Å². The Morgan fingerprint density at radius 3 is 2.81 bits per heavy atom. The van der Waals surface area contributed by atoms with Crippen molar-refractivity contribution < 1.29 is 9.15 Å². The van der Waals surface area contributed by atoms with Crippen molar-refractivity contribution in [2.45, 2.75) is 45.2 Å². The third-order valence-corrected chi connectivity index (χ3v) is 7.20. The molecule has 2 aromatic heterocycles. The third-order valence-electron chi connectivity index (χ3n) is 7.20. The summed E-state index contributed by atoms with van der Waals surface area (Å²) in [5, 5.41) is 11.7. The van der Waals surface area contributed by atoms with Crippen LogP contribution in [0.5, 0.6) is 5.75 Å². The monoisotopic (exact) mass is 494 g/mol. The van der Waals surface area contributed by atoms with Crippen molar-refractivity contribution >= 4 is 17.4 Å². The maximum atomic E-state index is 5.94. The highest BCUT2D eigenvalue weighted by Gasteiger charge is 2.23. The highest BCUT2D eigenvalue weighted by Crippen LogP contribution is 2.35. The van der Waals surface area contributed by atoms with Crippen molar-refractivity contribution in [2.75, 3.05) is 23.9 Å². The Morgan fingerprint density at radius 2 is 1.97 bits per heavy atom. The maximum Gasteiger partial charge on any atom is 0.316 e. The van der Waals surface area contributed by atoms with Gasteiger partial charge in [0.15, 0.2) is 0 Å². The first kappa shape index (κ1) is 23.2. The molecule has 1 unspecified atom stereocenters. The van der Waals surface area contributed by atoms with Crippen LogP contribution < -0.4 is 15.0 Å². The first-order valence-corrected chi connectivity index (χ1v) is 12.8. The van der Waals surface area contributed by atoms with Crippen LogP contribution >= 0.6 is 0 Å². The lowest BCUT2D eigenvalue weighted by Crippen LogP contribution is -2.38. The van der Waals surface area contributed by atoms with Gasteiger partial charge in [0.25, 0.3) is 0 Å². The Morgan fingerprint density at radius 1 is 1.08 bits per heavy atom. The fraction of sp³-hybridized carbons (Fsp3) is 0.310. The largest absolute Gasteiger partial charge is 0.497 e. The van der Waals surface area contributed by atoms with Gasteiger partial charge >= 0.3 is 6.01 Å². The number of rotatable bonds is 7. The zero-order chi connectivity index (χ0) is 25.2. The number of ether oxygens (including phenoxy) is 1. The molecule has 37 heavy (non-hydrogen) atoms. The van der Waals surface area contributed by atoms with E-state index in [1.807, 2.05) is 42.7 Å². The summed E-state index contributed by atoms with van der Waals surface area (Å²) in [6.07, 6.45) is 10.5. The Hall–Kier alpha value is -4.20. The van der Waals surface area contributed by atoms with Gasteiger partial charge in [-0.05, 0) is 73.6 Å². The van der Waals surface area contributed by atoms with Crippen LogP contribution in [0.1, 0.15) is 48.6 Å². The molecule has 0 spiro atoms. The number of methoxy groups -OCH3 is 1. The van der Waals surface area contributed by atoms with Gasteiger partial charge in [0.05, 0.1) is 25.2 Å². The molecule has 8 nitrogen and oxygen atoms in total. The molecule has 1 fully saturated rings. The van der Waals surface area contributed by atoms with Gasteiger partial charge in [-0.2, -0.15) is 0 Å². The molecular weight excluding hydrogens is 464 g/mol. The molecule has 0 radical (unpaired) electrons. The van der Waals surface area contributed by atoms with Gasteiger partial charge in [-0.25, -0.2) is 4.98 Å². The molecule has 3 heterocycles. The van der Waals surface area contributed by atoms with E-state index in [1.54, 1.807) is 7.11 Å². The molecule has 1 atom stereocenters. The predicted molar refractivity (Wildman–Crippen MR) is 144 cm³/mol. The minimum atomic E-state index is 0.385. The molecule has 2 aromatic carbocycles. The fourth-order valence-corrected chi connectivity index (χ4v) is 5.10. The Kier molecular flexibility index (Phi) is 6.30. The van der Waals surface area contributed by atoms with Crippen molar-refractivity contribution in [3.8, 4) is 17.2 Å². The number of anilines is 2. The number of fused-ring (bicyclic) bond motifs is 1. The second-order valence-electron chi connectivity index (χ2n) is 9.61. The molecule has 8 heteroatoms. The third kappa shape index (κ3) is 4.79. The number of hydrogen-bond acceptors (Lipinski definition) is 8. The summed E-state index contributed by atoms with van der Waals surface area (Å²) in [5.41, 5.74) is 6.38. The highest BCUT2D eigenvalue weighted by molar-refractivity contribution is 5.85. The average Bonchev–Trinajstić information content (AvgIpc) is 3.59. The first-order chi connectivity index (χ1) is 18.2. The van der Waals surface area contributed by atoms with Crippen LogP contribution in [0.15, 0.2) is 65.4 Å². The number of nitrogens with one attached hydrogen (secondary N) is 1. The van der Waals surface area contributed by atoms with E-state index in [0.29, 0.717) is 24.5 Å². The number of allylic oxidation sites excluding steroid dienone is 1. The Labute approximate surface area is 216 Å². The summed E-state index contributed by atoms with van der Waals surface area (Å²) < 4.78 is 11.1. The normalized spacial score (nSPS) is 16.9. The SMILES string of the molecule is COc1ccc(CNc2nnc(-c3ccc4c(c3)C(c3cncc(N5CCCCC5C)n3)=CC4)o2)cc1. The van der Waals surface area contributed by atoms with Gasteiger partial charge in [-0.1, -0.05) is 29.4 Å². The van der Waals surface area contributed by atoms with E-state index < -0.39 is 0 Å². The molecule has 6 rings (SSSR count). The van der Waals surface area contributed by atoms with Crippen LogP contribution in [-0.4, -0.2) is 39.9 Å². The molecule has 4 aromatic rings. The van der Waals surface area contributed by atoms with E-state index in [4.69, 9.17) is 14.1 Å². The molecule has 1 saturated heterocycles. The highest BCUT2D eigenvalue weighted by atomic mass is 16.5. The standard InChI is InChI=1S/C29H30N6O2/c1-19-5-3-4-14-35(19)27-18-30-17-26(32-27)24-13-10-21-8-9-22(15-25(21)24)28-33-34-29(37-28)31-16-20-6-11-23(36-2)12-7-20/h6-9,11-13,15,17-19H,3-5,10,14,16H2,1-2H3,(H,31,34). The molecule has 1 aliphatic carbocycles. The van der Waals surface area contributed by atoms with E-state index in [1.165, 1.54) is 24.8 Å². The van der Waals surface area contributed by atoms with Crippen LogP contribution in [0.3, 0.4) is 0 Å². The number of hydrogen-bond donors (Lipinski definition) is 1. The number of aromatic nitrogens is 4. The molecule has 0 bridgehead atoms. The maximum absolute atomic E-state index is 5.94. The summed E-state index contributed by atoms with van der Waals surface area (Å²) in [7, 11) is 1.66. The number of nitrogens with zero attached hydrogens (tertiary/aromatic N) is 5. The molecule has 1 N–H and O–H groups in total. The van der Waals surface area contributed by atoms with Crippen LogP contribution in [-0.2, 0) is 13.0 Å². The zero-order valence-electron chi connectivity index (χ0n) is 21.1. The lowest BCUT2D eigenvalue weighted by atomic mass is 10.0. The van der Waals surface area contributed by atoms with Gasteiger partial charge in [0.2, 0.25) is 5.89 Å². The lowest BCUT2D eigenvalue weighted by Gasteiger charge is -2.34. The van der Waals surface area contributed by atoms with Gasteiger partial charge in [-0.15, -0.1) is 5.10 Å². The molecule has 2 aliphatic rings. The van der Waals surface area contributed by atoms with Crippen molar-refractivity contribution in [3.05, 3.63) is 83.3 Å². The van der Waals surface area contributed by atoms with E-state index in [-0.39, 0.29) is 0 Å². The van der Waals surface area contributed by atoms with Crippen molar-refractivity contribution in [2.24, 2.45) is 0 Å². The molecule has 1 aliphatic heterocycles. The summed E-state index contributed by atoms with van der Waals surface area (Å²) in [6, 6.07) is 15.0. The van der Waals surface area contributed by atoms with Gasteiger partial charge in [0, 0.05) is 30.3 Å². The van der Waals surface area contributed by atoms with Crippen molar-refractivity contribution in [1.82, 2.24) is 20.2 Å².